The van der Waals surface area contributed by atoms with Crippen LogP contribution in [0.4, 0.5) is 5.69 Å². The fourth-order valence-corrected chi connectivity index (χ4v) is 5.06. The van der Waals surface area contributed by atoms with Gasteiger partial charge >= 0.3 is 0 Å². The molecule has 0 aliphatic rings. The van der Waals surface area contributed by atoms with Crippen molar-refractivity contribution in [2.24, 2.45) is 0 Å². The Balaban J connectivity index is 2.79. The van der Waals surface area contributed by atoms with Gasteiger partial charge in [0.15, 0.2) is 0 Å². The van der Waals surface area contributed by atoms with Crippen molar-refractivity contribution in [2.75, 3.05) is 51.8 Å². The summed E-state index contributed by atoms with van der Waals surface area (Å²) in [7, 11) is 5.98. The first kappa shape index (κ1) is 27.4. The number of para-hydroxylation sites is 1. The Hall–Kier alpha value is -1.66. The van der Waals surface area contributed by atoms with Gasteiger partial charge in [0.1, 0.15) is 0 Å². The van der Waals surface area contributed by atoms with Gasteiger partial charge in [0.25, 0.3) is 5.95 Å². The molecular formula is C25H40N2O2S2. The highest BCUT2D eigenvalue weighted by molar-refractivity contribution is 8.02. The zero-order chi connectivity index (χ0) is 23.4. The SMILES string of the molecule is COC(OCC/C(C)=C(/SC)N(C)CC/C(C)=C(/SC)N(C)c1ccccc1)=C(C)C. The molecule has 0 aliphatic carbocycles. The molecular weight excluding hydrogens is 424 g/mol. The van der Waals surface area contributed by atoms with Crippen molar-refractivity contribution in [3.63, 3.8) is 0 Å². The summed E-state index contributed by atoms with van der Waals surface area (Å²) in [4.78, 5) is 4.65. The molecule has 0 saturated heterocycles. The number of rotatable bonds is 13. The molecule has 1 aromatic rings. The molecule has 0 fully saturated rings. The zero-order valence-corrected chi connectivity index (χ0v) is 22.4. The predicted molar refractivity (Wildman–Crippen MR) is 140 cm³/mol. The van der Waals surface area contributed by atoms with Gasteiger partial charge in [-0.05, 0) is 69.9 Å². The number of anilines is 1. The van der Waals surface area contributed by atoms with E-state index in [1.54, 1.807) is 18.9 Å². The average molecular weight is 465 g/mol. The van der Waals surface area contributed by atoms with Crippen LogP contribution in [0.15, 0.2) is 63.1 Å². The molecule has 174 valence electrons. The van der Waals surface area contributed by atoms with E-state index >= 15 is 0 Å². The van der Waals surface area contributed by atoms with Gasteiger partial charge < -0.3 is 19.3 Å². The van der Waals surface area contributed by atoms with E-state index in [2.05, 4.69) is 80.6 Å². The lowest BCUT2D eigenvalue weighted by Gasteiger charge is -2.27. The van der Waals surface area contributed by atoms with Gasteiger partial charge in [-0.1, -0.05) is 18.2 Å². The van der Waals surface area contributed by atoms with Crippen LogP contribution in [0.5, 0.6) is 0 Å². The molecule has 0 radical (unpaired) electrons. The van der Waals surface area contributed by atoms with Crippen LogP contribution < -0.4 is 4.90 Å². The Labute approximate surface area is 198 Å². The molecule has 1 rings (SSSR count). The fraction of sp³-hybridized carbons (Fsp3) is 0.520. The zero-order valence-electron chi connectivity index (χ0n) is 20.7. The van der Waals surface area contributed by atoms with E-state index in [1.807, 2.05) is 25.6 Å². The van der Waals surface area contributed by atoms with Crippen LogP contribution in [0.3, 0.4) is 0 Å². The molecule has 0 saturated carbocycles. The highest BCUT2D eigenvalue weighted by Crippen LogP contribution is 2.29. The van der Waals surface area contributed by atoms with Crippen molar-refractivity contribution in [1.29, 1.82) is 0 Å². The van der Waals surface area contributed by atoms with Gasteiger partial charge in [-0.25, -0.2) is 0 Å². The molecule has 4 nitrogen and oxygen atoms in total. The maximum absolute atomic E-state index is 5.79. The first-order valence-electron chi connectivity index (χ1n) is 10.6. The van der Waals surface area contributed by atoms with Gasteiger partial charge in [-0.2, -0.15) is 0 Å². The van der Waals surface area contributed by atoms with Crippen molar-refractivity contribution < 1.29 is 9.47 Å². The van der Waals surface area contributed by atoms with E-state index < -0.39 is 0 Å². The van der Waals surface area contributed by atoms with E-state index in [-0.39, 0.29) is 0 Å². The molecule has 0 aromatic heterocycles. The van der Waals surface area contributed by atoms with Gasteiger partial charge in [-0.3, -0.25) is 0 Å². The Kier molecular flexibility index (Phi) is 12.7. The van der Waals surface area contributed by atoms with Crippen LogP contribution in [-0.2, 0) is 9.47 Å². The second kappa shape index (κ2) is 14.4. The molecule has 0 spiro atoms. The number of nitrogens with zero attached hydrogens (tertiary/aromatic N) is 2. The number of hydrogen-bond donors (Lipinski definition) is 0. The molecule has 0 aliphatic heterocycles. The van der Waals surface area contributed by atoms with E-state index in [4.69, 9.17) is 9.47 Å². The van der Waals surface area contributed by atoms with E-state index in [9.17, 15) is 0 Å². The Morgan fingerprint density at radius 2 is 1.45 bits per heavy atom. The molecule has 0 atom stereocenters. The summed E-state index contributed by atoms with van der Waals surface area (Å²) >= 11 is 3.61. The topological polar surface area (TPSA) is 24.9 Å². The first-order valence-corrected chi connectivity index (χ1v) is 13.0. The summed E-state index contributed by atoms with van der Waals surface area (Å²) in [6.07, 6.45) is 6.19. The highest BCUT2D eigenvalue weighted by atomic mass is 32.2. The average Bonchev–Trinajstić information content (AvgIpc) is 2.76. The van der Waals surface area contributed by atoms with Crippen LogP contribution in [0.2, 0.25) is 0 Å². The van der Waals surface area contributed by atoms with E-state index in [1.165, 1.54) is 26.9 Å². The maximum Gasteiger partial charge on any atom is 0.277 e. The number of hydrogen-bond acceptors (Lipinski definition) is 6. The minimum Gasteiger partial charge on any atom is -0.469 e. The van der Waals surface area contributed by atoms with Crippen LogP contribution in [0, 0.1) is 0 Å². The molecule has 0 N–H and O–H groups in total. The Morgan fingerprint density at radius 1 is 0.871 bits per heavy atom. The predicted octanol–water partition coefficient (Wildman–Crippen LogP) is 6.94. The van der Waals surface area contributed by atoms with Gasteiger partial charge in [0.05, 0.1) is 23.8 Å². The summed E-state index contributed by atoms with van der Waals surface area (Å²) in [5, 5.41) is 2.63. The molecule has 6 heteroatoms. The quantitative estimate of drug-likeness (QED) is 0.293. The van der Waals surface area contributed by atoms with Gasteiger partial charge in [-0.15, -0.1) is 23.5 Å². The largest absolute Gasteiger partial charge is 0.469 e. The Bertz CT molecular complexity index is 769. The second-order valence-electron chi connectivity index (χ2n) is 7.74. The molecule has 0 amide bonds. The van der Waals surface area contributed by atoms with Gasteiger partial charge in [0.2, 0.25) is 0 Å². The lowest BCUT2D eigenvalue weighted by molar-refractivity contribution is 0.0594. The second-order valence-corrected chi connectivity index (χ2v) is 9.33. The van der Waals surface area contributed by atoms with Crippen LogP contribution in [0.1, 0.15) is 40.5 Å². The first-order chi connectivity index (χ1) is 14.8. The summed E-state index contributed by atoms with van der Waals surface area (Å²) in [5.74, 6) is 0.625. The summed E-state index contributed by atoms with van der Waals surface area (Å²) in [6, 6.07) is 10.5. The standard InChI is InChI=1S/C25H40N2O2S2/c1-19(2)25(28-7)29-18-16-21(4)23(30-8)26(5)17-15-20(3)24(31-9)27(6)22-13-11-10-12-14-22/h10-14H,15-18H2,1-9H3/b23-21+,24-20+. The van der Waals surface area contributed by atoms with E-state index in [0.29, 0.717) is 12.6 Å². The number of thioether (sulfide) groups is 2. The lowest BCUT2D eigenvalue weighted by atomic mass is 10.2. The summed E-state index contributed by atoms with van der Waals surface area (Å²) in [5.41, 5.74) is 5.01. The van der Waals surface area contributed by atoms with Crippen molar-refractivity contribution >= 4 is 29.2 Å². The molecule has 31 heavy (non-hydrogen) atoms. The monoisotopic (exact) mass is 464 g/mol. The van der Waals surface area contributed by atoms with Crippen LogP contribution in [0.25, 0.3) is 0 Å². The molecule has 0 bridgehead atoms. The third-order valence-electron chi connectivity index (χ3n) is 5.04. The minimum atomic E-state index is 0.621. The van der Waals surface area contributed by atoms with Crippen molar-refractivity contribution in [2.45, 2.75) is 40.5 Å². The van der Waals surface area contributed by atoms with Crippen LogP contribution >= 0.6 is 23.5 Å². The fourth-order valence-electron chi connectivity index (χ4n) is 3.38. The number of methoxy groups -OCH3 is 1. The normalized spacial score (nSPS) is 12.5. The Morgan fingerprint density at radius 3 is 1.97 bits per heavy atom. The minimum absolute atomic E-state index is 0.621. The lowest BCUT2D eigenvalue weighted by Crippen LogP contribution is -2.21. The van der Waals surface area contributed by atoms with E-state index in [0.717, 1.165) is 25.0 Å². The third-order valence-corrected chi connectivity index (χ3v) is 7.09. The summed E-state index contributed by atoms with van der Waals surface area (Å²) in [6.45, 7) is 10.0. The smallest absolute Gasteiger partial charge is 0.277 e. The molecule has 1 aromatic carbocycles. The van der Waals surface area contributed by atoms with Crippen LogP contribution in [-0.4, -0.2) is 51.8 Å². The number of benzene rings is 1. The van der Waals surface area contributed by atoms with Crippen molar-refractivity contribution in [1.82, 2.24) is 4.90 Å². The third kappa shape index (κ3) is 8.77. The van der Waals surface area contributed by atoms with Crippen molar-refractivity contribution in [3.8, 4) is 0 Å². The van der Waals surface area contributed by atoms with Crippen molar-refractivity contribution in [3.05, 3.63) is 63.1 Å². The number of allylic oxidation sites excluding steroid dienone is 1. The van der Waals surface area contributed by atoms with Gasteiger partial charge in [0, 0.05) is 38.3 Å². The highest BCUT2D eigenvalue weighted by Gasteiger charge is 2.13. The molecule has 0 heterocycles. The summed E-state index contributed by atoms with van der Waals surface area (Å²) < 4.78 is 11.1. The number of ether oxygens (including phenoxy) is 2. The maximum atomic E-state index is 5.79. The molecule has 0 unspecified atom stereocenters.